The van der Waals surface area contributed by atoms with Crippen LogP contribution in [0.5, 0.6) is 0 Å². The number of amides is 2. The first-order valence-electron chi connectivity index (χ1n) is 7.91. The number of furan rings is 1. The fourth-order valence-corrected chi connectivity index (χ4v) is 4.83. The second-order valence-corrected chi connectivity index (χ2v) is 7.95. The van der Waals surface area contributed by atoms with Crippen LogP contribution in [0.2, 0.25) is 0 Å². The van der Waals surface area contributed by atoms with Gasteiger partial charge in [-0.1, -0.05) is 0 Å². The van der Waals surface area contributed by atoms with Crippen molar-refractivity contribution in [1.29, 1.82) is 0 Å². The average molecular weight is 372 g/mol. The Kier molecular flexibility index (Phi) is 4.19. The minimum absolute atomic E-state index is 0.0258. The molecule has 4 heterocycles. The summed E-state index contributed by atoms with van der Waals surface area (Å²) in [5, 5.41) is 5.52. The van der Waals surface area contributed by atoms with E-state index in [1.165, 1.54) is 28.0 Å². The standard InChI is InChI=1S/C18H16N2O3S2/c1-11-9-15(19-17(21)13-3-2-7-23-13)25-16(11)18(22)20-6-4-14-12(10-20)5-8-24-14/h2-3,5,7-9H,4,6,10H2,1H3,(H,19,21). The van der Waals surface area contributed by atoms with Crippen molar-refractivity contribution in [3.63, 3.8) is 0 Å². The van der Waals surface area contributed by atoms with Crippen LogP contribution in [0, 0.1) is 6.92 Å². The number of aryl methyl sites for hydroxylation is 1. The smallest absolute Gasteiger partial charge is 0.291 e. The lowest BCUT2D eigenvalue weighted by Crippen LogP contribution is -2.35. The maximum atomic E-state index is 12.9. The second-order valence-electron chi connectivity index (χ2n) is 5.90. The van der Waals surface area contributed by atoms with Gasteiger partial charge in [-0.05, 0) is 54.1 Å². The number of rotatable bonds is 3. The van der Waals surface area contributed by atoms with E-state index in [1.807, 2.05) is 17.9 Å². The molecule has 4 rings (SSSR count). The highest BCUT2D eigenvalue weighted by Gasteiger charge is 2.25. The molecule has 0 fully saturated rings. The van der Waals surface area contributed by atoms with Crippen LogP contribution < -0.4 is 5.32 Å². The molecular formula is C18H16N2O3S2. The quantitative estimate of drug-likeness (QED) is 0.751. The molecule has 0 bridgehead atoms. The Morgan fingerprint density at radius 3 is 3.00 bits per heavy atom. The maximum absolute atomic E-state index is 12.9. The topological polar surface area (TPSA) is 62.6 Å². The van der Waals surface area contributed by atoms with Crippen LogP contribution in [0.3, 0.4) is 0 Å². The van der Waals surface area contributed by atoms with Gasteiger partial charge in [0.1, 0.15) is 0 Å². The van der Waals surface area contributed by atoms with E-state index in [4.69, 9.17) is 4.42 Å². The molecule has 0 atom stereocenters. The largest absolute Gasteiger partial charge is 0.459 e. The van der Waals surface area contributed by atoms with Gasteiger partial charge in [0, 0.05) is 18.0 Å². The minimum Gasteiger partial charge on any atom is -0.459 e. The van der Waals surface area contributed by atoms with Crippen molar-refractivity contribution < 1.29 is 14.0 Å². The first kappa shape index (κ1) is 16.1. The molecule has 0 spiro atoms. The SMILES string of the molecule is Cc1cc(NC(=O)c2ccco2)sc1C(=O)N1CCc2sccc2C1. The first-order chi connectivity index (χ1) is 12.1. The van der Waals surface area contributed by atoms with Crippen LogP contribution in [0.15, 0.2) is 40.3 Å². The van der Waals surface area contributed by atoms with Crippen molar-refractivity contribution in [3.05, 3.63) is 62.6 Å². The molecule has 0 saturated carbocycles. The fourth-order valence-electron chi connectivity index (χ4n) is 2.90. The van der Waals surface area contributed by atoms with Crippen LogP contribution in [-0.2, 0) is 13.0 Å². The lowest BCUT2D eigenvalue weighted by molar-refractivity contribution is 0.0740. The monoisotopic (exact) mass is 372 g/mol. The Bertz CT molecular complexity index is 924. The number of carbonyl (C=O) groups is 2. The number of hydrogen-bond donors (Lipinski definition) is 1. The summed E-state index contributed by atoms with van der Waals surface area (Å²) in [6.45, 7) is 3.28. The van der Waals surface area contributed by atoms with Crippen LogP contribution >= 0.6 is 22.7 Å². The molecule has 2 amide bonds. The molecule has 3 aromatic heterocycles. The zero-order valence-corrected chi connectivity index (χ0v) is 15.2. The highest BCUT2D eigenvalue weighted by atomic mass is 32.1. The molecular weight excluding hydrogens is 356 g/mol. The lowest BCUT2D eigenvalue weighted by atomic mass is 10.1. The van der Waals surface area contributed by atoms with Gasteiger partial charge in [-0.25, -0.2) is 0 Å². The molecule has 128 valence electrons. The number of nitrogens with one attached hydrogen (secondary N) is 1. The number of hydrogen-bond acceptors (Lipinski definition) is 5. The predicted molar refractivity (Wildman–Crippen MR) is 98.5 cm³/mol. The predicted octanol–water partition coefficient (Wildman–Crippen LogP) is 4.16. The zero-order valence-electron chi connectivity index (χ0n) is 13.6. The highest BCUT2D eigenvalue weighted by Crippen LogP contribution is 2.31. The summed E-state index contributed by atoms with van der Waals surface area (Å²) >= 11 is 3.06. The molecule has 1 aliphatic heterocycles. The third-order valence-electron chi connectivity index (χ3n) is 4.19. The molecule has 25 heavy (non-hydrogen) atoms. The van der Waals surface area contributed by atoms with Crippen molar-refractivity contribution in [2.24, 2.45) is 0 Å². The molecule has 5 nitrogen and oxygen atoms in total. The molecule has 0 aliphatic carbocycles. The normalized spacial score (nSPS) is 13.6. The van der Waals surface area contributed by atoms with Crippen LogP contribution in [0.4, 0.5) is 5.00 Å². The summed E-state index contributed by atoms with van der Waals surface area (Å²) in [6, 6.07) is 7.20. The second kappa shape index (κ2) is 6.50. The van der Waals surface area contributed by atoms with Gasteiger partial charge < -0.3 is 14.6 Å². The fraction of sp³-hybridized carbons (Fsp3) is 0.222. The van der Waals surface area contributed by atoms with E-state index in [0.29, 0.717) is 16.4 Å². The molecule has 1 N–H and O–H groups in total. The van der Waals surface area contributed by atoms with E-state index in [1.54, 1.807) is 23.5 Å². The third kappa shape index (κ3) is 3.12. The van der Waals surface area contributed by atoms with Gasteiger partial charge in [0.2, 0.25) is 0 Å². The van der Waals surface area contributed by atoms with Gasteiger partial charge in [-0.2, -0.15) is 0 Å². The number of carbonyl (C=O) groups excluding carboxylic acids is 2. The van der Waals surface area contributed by atoms with Crippen molar-refractivity contribution in [3.8, 4) is 0 Å². The first-order valence-corrected chi connectivity index (χ1v) is 9.61. The van der Waals surface area contributed by atoms with Crippen LogP contribution in [0.25, 0.3) is 0 Å². The van der Waals surface area contributed by atoms with Crippen molar-refractivity contribution in [1.82, 2.24) is 4.90 Å². The highest BCUT2D eigenvalue weighted by molar-refractivity contribution is 7.18. The zero-order chi connectivity index (χ0) is 17.4. The summed E-state index contributed by atoms with van der Waals surface area (Å²) in [6.07, 6.45) is 2.36. The van der Waals surface area contributed by atoms with Crippen molar-refractivity contribution in [2.75, 3.05) is 11.9 Å². The summed E-state index contributed by atoms with van der Waals surface area (Å²) in [4.78, 5) is 28.9. The van der Waals surface area contributed by atoms with Gasteiger partial charge in [-0.3, -0.25) is 9.59 Å². The maximum Gasteiger partial charge on any atom is 0.291 e. The number of nitrogens with zero attached hydrogens (tertiary/aromatic N) is 1. The molecule has 0 saturated heterocycles. The Morgan fingerprint density at radius 2 is 2.20 bits per heavy atom. The Labute approximate surface area is 152 Å². The summed E-state index contributed by atoms with van der Waals surface area (Å²) in [5.74, 6) is -0.0380. The van der Waals surface area contributed by atoms with Gasteiger partial charge in [-0.15, -0.1) is 22.7 Å². The molecule has 1 aliphatic rings. The molecule has 7 heteroatoms. The lowest BCUT2D eigenvalue weighted by Gasteiger charge is -2.26. The van der Waals surface area contributed by atoms with E-state index >= 15 is 0 Å². The van der Waals surface area contributed by atoms with E-state index in [9.17, 15) is 9.59 Å². The number of thiophene rings is 2. The molecule has 0 radical (unpaired) electrons. The van der Waals surface area contributed by atoms with E-state index < -0.39 is 0 Å². The third-order valence-corrected chi connectivity index (χ3v) is 6.35. The Hall–Kier alpha value is -2.38. The molecule has 3 aromatic rings. The van der Waals surface area contributed by atoms with Gasteiger partial charge >= 0.3 is 0 Å². The summed E-state index contributed by atoms with van der Waals surface area (Å²) in [7, 11) is 0. The minimum atomic E-state index is -0.314. The average Bonchev–Trinajstić information content (AvgIpc) is 3.34. The van der Waals surface area contributed by atoms with Crippen molar-refractivity contribution >= 4 is 39.5 Å². The van der Waals surface area contributed by atoms with E-state index in [-0.39, 0.29) is 17.6 Å². The Balaban J connectivity index is 1.50. The van der Waals surface area contributed by atoms with E-state index in [2.05, 4.69) is 16.8 Å². The van der Waals surface area contributed by atoms with Crippen LogP contribution in [0.1, 0.15) is 36.2 Å². The summed E-state index contributed by atoms with van der Waals surface area (Å²) < 4.78 is 5.09. The molecule has 0 unspecified atom stereocenters. The number of anilines is 1. The summed E-state index contributed by atoms with van der Waals surface area (Å²) in [5.41, 5.74) is 2.12. The Morgan fingerprint density at radius 1 is 1.32 bits per heavy atom. The van der Waals surface area contributed by atoms with Gasteiger partial charge in [0.25, 0.3) is 11.8 Å². The van der Waals surface area contributed by atoms with Gasteiger partial charge in [0.05, 0.1) is 16.1 Å². The van der Waals surface area contributed by atoms with E-state index in [0.717, 1.165) is 18.5 Å². The van der Waals surface area contributed by atoms with Crippen molar-refractivity contribution in [2.45, 2.75) is 19.9 Å². The van der Waals surface area contributed by atoms with Gasteiger partial charge in [0.15, 0.2) is 5.76 Å². The van der Waals surface area contributed by atoms with Crippen LogP contribution in [-0.4, -0.2) is 23.3 Å². The molecule has 0 aromatic carbocycles. The number of fused-ring (bicyclic) bond motifs is 1.